The van der Waals surface area contributed by atoms with Gasteiger partial charge in [0.15, 0.2) is 5.58 Å². The third-order valence-electron chi connectivity index (χ3n) is 4.60. The van der Waals surface area contributed by atoms with Crippen molar-refractivity contribution < 1.29 is 29.2 Å². The second kappa shape index (κ2) is 8.60. The highest BCUT2D eigenvalue weighted by Gasteiger charge is 2.46. The second-order valence-corrected chi connectivity index (χ2v) is 7.58. The smallest absolute Gasteiger partial charge is 0.259 e. The highest BCUT2D eigenvalue weighted by atomic mass is 32.2. The number of hydrogen-bond donors (Lipinski definition) is 3. The van der Waals surface area contributed by atoms with E-state index in [-0.39, 0.29) is 6.61 Å². The molecule has 7 nitrogen and oxygen atoms in total. The first-order chi connectivity index (χ1) is 13.7. The third kappa shape index (κ3) is 4.07. The largest absolute Gasteiger partial charge is 0.431 e. The van der Waals surface area contributed by atoms with Gasteiger partial charge in [-0.25, -0.2) is 4.98 Å². The van der Waals surface area contributed by atoms with Crippen LogP contribution in [0.4, 0.5) is 0 Å². The Morgan fingerprint density at radius 2 is 1.75 bits per heavy atom. The van der Waals surface area contributed by atoms with Gasteiger partial charge in [-0.05, 0) is 29.5 Å². The van der Waals surface area contributed by atoms with Gasteiger partial charge in [0.05, 0.1) is 13.2 Å². The predicted octanol–water partition coefficient (Wildman–Crippen LogP) is 1.94. The monoisotopic (exact) mass is 403 g/mol. The van der Waals surface area contributed by atoms with E-state index in [2.05, 4.69) is 4.98 Å². The fourth-order valence-electron chi connectivity index (χ4n) is 3.10. The number of aromatic nitrogens is 1. The molecule has 0 amide bonds. The Balaban J connectivity index is 1.54. The molecule has 2 aromatic carbocycles. The summed E-state index contributed by atoms with van der Waals surface area (Å²) in [4.78, 5) is 4.41. The summed E-state index contributed by atoms with van der Waals surface area (Å²) >= 11 is 1.15. The van der Waals surface area contributed by atoms with E-state index in [1.807, 2.05) is 54.6 Å². The molecule has 5 atom stereocenters. The fraction of sp³-hybridized carbons (Fsp3) is 0.350. The molecule has 0 spiro atoms. The van der Waals surface area contributed by atoms with Crippen molar-refractivity contribution in [2.75, 3.05) is 6.61 Å². The van der Waals surface area contributed by atoms with Crippen molar-refractivity contribution in [3.05, 3.63) is 60.2 Å². The maximum atomic E-state index is 10.6. The molecule has 3 aromatic rings. The number of ether oxygens (including phenoxy) is 2. The molecule has 148 valence electrons. The minimum absolute atomic E-state index is 0.243. The van der Waals surface area contributed by atoms with Crippen LogP contribution in [0.1, 0.15) is 5.56 Å². The topological polar surface area (TPSA) is 105 Å². The SMILES string of the molecule is OC[C@H]1O[C@@H](Sc2nc3ccccc3o2)[C@H](OCc2ccccc2)[C@@H](O)[C@@H]1O. The Bertz CT molecular complexity index is 871. The van der Waals surface area contributed by atoms with Crippen LogP contribution in [0, 0.1) is 0 Å². The summed E-state index contributed by atoms with van der Waals surface area (Å²) in [6, 6.07) is 16.9. The Kier molecular flexibility index (Phi) is 5.96. The average Bonchev–Trinajstić information content (AvgIpc) is 3.13. The molecule has 1 aliphatic heterocycles. The maximum Gasteiger partial charge on any atom is 0.259 e. The van der Waals surface area contributed by atoms with Crippen molar-refractivity contribution in [3.8, 4) is 0 Å². The van der Waals surface area contributed by atoms with Gasteiger partial charge >= 0.3 is 0 Å². The second-order valence-electron chi connectivity index (χ2n) is 6.53. The number of hydrogen-bond acceptors (Lipinski definition) is 8. The number of para-hydroxylation sites is 2. The molecule has 1 fully saturated rings. The van der Waals surface area contributed by atoms with Crippen LogP contribution < -0.4 is 0 Å². The van der Waals surface area contributed by atoms with Crippen molar-refractivity contribution in [2.24, 2.45) is 0 Å². The van der Waals surface area contributed by atoms with Gasteiger partial charge in [0.1, 0.15) is 35.4 Å². The van der Waals surface area contributed by atoms with Gasteiger partial charge in [-0.15, -0.1) is 0 Å². The molecule has 0 bridgehead atoms. The minimum Gasteiger partial charge on any atom is -0.431 e. The Labute approximate surface area is 165 Å². The van der Waals surface area contributed by atoms with Crippen LogP contribution >= 0.6 is 11.8 Å². The molecule has 1 aromatic heterocycles. The molecule has 0 radical (unpaired) electrons. The number of benzene rings is 2. The van der Waals surface area contributed by atoms with Crippen LogP contribution in [0.15, 0.2) is 64.2 Å². The summed E-state index contributed by atoms with van der Waals surface area (Å²) in [5, 5.41) is 30.7. The summed E-state index contributed by atoms with van der Waals surface area (Å²) in [6.45, 7) is -0.179. The van der Waals surface area contributed by atoms with E-state index in [4.69, 9.17) is 13.9 Å². The summed E-state index contributed by atoms with van der Waals surface area (Å²) in [5.41, 5.74) is 1.56. The van der Waals surface area contributed by atoms with E-state index in [1.165, 1.54) is 0 Å². The van der Waals surface area contributed by atoms with E-state index in [9.17, 15) is 15.3 Å². The summed E-state index contributed by atoms with van der Waals surface area (Å²) in [7, 11) is 0. The molecule has 3 N–H and O–H groups in total. The van der Waals surface area contributed by atoms with Gasteiger partial charge in [-0.3, -0.25) is 0 Å². The van der Waals surface area contributed by atoms with Crippen molar-refractivity contribution in [3.63, 3.8) is 0 Å². The lowest BCUT2D eigenvalue weighted by Crippen LogP contribution is -2.58. The van der Waals surface area contributed by atoms with E-state index in [0.717, 1.165) is 17.3 Å². The van der Waals surface area contributed by atoms with Gasteiger partial charge in [-0.1, -0.05) is 42.5 Å². The molecular formula is C20H21NO6S. The molecule has 28 heavy (non-hydrogen) atoms. The average molecular weight is 403 g/mol. The number of oxazole rings is 1. The fourth-order valence-corrected chi connectivity index (χ4v) is 4.16. The Hall–Kier alpha value is -1.94. The number of thioether (sulfide) groups is 1. The molecule has 0 aliphatic carbocycles. The van der Waals surface area contributed by atoms with Crippen LogP contribution in [0.2, 0.25) is 0 Å². The van der Waals surface area contributed by atoms with Crippen LogP contribution in [-0.2, 0) is 16.1 Å². The lowest BCUT2D eigenvalue weighted by molar-refractivity contribution is -0.221. The van der Waals surface area contributed by atoms with Gasteiger partial charge in [0.2, 0.25) is 0 Å². The molecule has 1 saturated heterocycles. The highest BCUT2D eigenvalue weighted by Crippen LogP contribution is 2.36. The highest BCUT2D eigenvalue weighted by molar-refractivity contribution is 7.99. The van der Waals surface area contributed by atoms with E-state index < -0.39 is 36.5 Å². The van der Waals surface area contributed by atoms with Gasteiger partial charge in [0, 0.05) is 0 Å². The van der Waals surface area contributed by atoms with E-state index >= 15 is 0 Å². The van der Waals surface area contributed by atoms with Crippen molar-refractivity contribution in [1.29, 1.82) is 0 Å². The molecule has 4 rings (SSSR count). The molecule has 8 heteroatoms. The summed E-state index contributed by atoms with van der Waals surface area (Å²) < 4.78 is 17.4. The number of aliphatic hydroxyl groups is 3. The van der Waals surface area contributed by atoms with Crippen molar-refractivity contribution in [2.45, 2.75) is 41.7 Å². The molecule has 0 unspecified atom stereocenters. The molecule has 1 aliphatic rings. The standard InChI is InChI=1S/C20H21NO6S/c22-10-15-16(23)17(24)18(25-11-12-6-2-1-3-7-12)19(26-15)28-20-21-13-8-4-5-9-14(13)27-20/h1-9,15-19,22-24H,10-11H2/t15-,16-,17+,18-,19+/m1/s1. The van der Waals surface area contributed by atoms with Crippen LogP contribution in [-0.4, -0.2) is 56.8 Å². The summed E-state index contributed by atoms with van der Waals surface area (Å²) in [6.07, 6.45) is -4.24. The zero-order valence-corrected chi connectivity index (χ0v) is 15.7. The first-order valence-electron chi connectivity index (χ1n) is 8.96. The van der Waals surface area contributed by atoms with E-state index in [0.29, 0.717) is 16.3 Å². The predicted molar refractivity (Wildman–Crippen MR) is 103 cm³/mol. The lowest BCUT2D eigenvalue weighted by atomic mass is 10.00. The number of nitrogens with zero attached hydrogens (tertiary/aromatic N) is 1. The normalized spacial score (nSPS) is 27.9. The Morgan fingerprint density at radius 1 is 1.00 bits per heavy atom. The maximum absolute atomic E-state index is 10.6. The van der Waals surface area contributed by atoms with Crippen molar-refractivity contribution >= 4 is 22.9 Å². The van der Waals surface area contributed by atoms with Crippen LogP contribution in [0.3, 0.4) is 0 Å². The number of rotatable bonds is 6. The van der Waals surface area contributed by atoms with Crippen LogP contribution in [0.25, 0.3) is 11.1 Å². The first-order valence-corrected chi connectivity index (χ1v) is 9.84. The van der Waals surface area contributed by atoms with Gasteiger partial charge in [0.25, 0.3) is 5.22 Å². The van der Waals surface area contributed by atoms with Gasteiger partial charge in [-0.2, -0.15) is 0 Å². The first kappa shape index (κ1) is 19.4. The molecular weight excluding hydrogens is 382 g/mol. The van der Waals surface area contributed by atoms with E-state index in [1.54, 1.807) is 0 Å². The lowest BCUT2D eigenvalue weighted by Gasteiger charge is -2.41. The number of aliphatic hydroxyl groups excluding tert-OH is 3. The molecule has 0 saturated carbocycles. The van der Waals surface area contributed by atoms with Crippen LogP contribution in [0.5, 0.6) is 0 Å². The Morgan fingerprint density at radius 3 is 2.50 bits per heavy atom. The van der Waals surface area contributed by atoms with Crippen molar-refractivity contribution in [1.82, 2.24) is 4.98 Å². The quantitative estimate of drug-likeness (QED) is 0.574. The zero-order chi connectivity index (χ0) is 19.5. The third-order valence-corrected chi connectivity index (χ3v) is 5.59. The molecule has 2 heterocycles. The summed E-state index contributed by atoms with van der Waals surface area (Å²) in [5.74, 6) is 0. The minimum atomic E-state index is -1.26. The van der Waals surface area contributed by atoms with Gasteiger partial charge < -0.3 is 29.2 Å². The zero-order valence-electron chi connectivity index (χ0n) is 14.9. The number of fused-ring (bicyclic) bond motifs is 1.